The third kappa shape index (κ3) is 3.92. The van der Waals surface area contributed by atoms with Crippen LogP contribution in [0.1, 0.15) is 15.9 Å². The molecule has 0 spiro atoms. The lowest BCUT2D eigenvalue weighted by molar-refractivity contribution is 0.104. The summed E-state index contributed by atoms with van der Waals surface area (Å²) in [6.07, 6.45) is 2.97. The SMILES string of the molecule is COc1ccc(C(=O)/C=C/Nc2ccc(F)c(C)c2)cc1. The summed E-state index contributed by atoms with van der Waals surface area (Å²) >= 11 is 0. The van der Waals surface area contributed by atoms with Gasteiger partial charge in [-0.05, 0) is 55.0 Å². The molecule has 21 heavy (non-hydrogen) atoms. The molecule has 0 aliphatic heterocycles. The average molecular weight is 285 g/mol. The summed E-state index contributed by atoms with van der Waals surface area (Å²) < 4.78 is 18.2. The van der Waals surface area contributed by atoms with E-state index in [0.717, 1.165) is 5.69 Å². The molecule has 0 atom stereocenters. The van der Waals surface area contributed by atoms with E-state index >= 15 is 0 Å². The summed E-state index contributed by atoms with van der Waals surface area (Å²) in [6, 6.07) is 11.6. The van der Waals surface area contributed by atoms with E-state index in [2.05, 4.69) is 5.32 Å². The molecule has 4 heteroatoms. The van der Waals surface area contributed by atoms with Crippen molar-refractivity contribution >= 4 is 11.5 Å². The number of benzene rings is 2. The molecule has 0 bridgehead atoms. The lowest BCUT2D eigenvalue weighted by Gasteiger charge is -2.03. The molecule has 0 saturated carbocycles. The van der Waals surface area contributed by atoms with Gasteiger partial charge in [-0.3, -0.25) is 4.79 Å². The highest BCUT2D eigenvalue weighted by Crippen LogP contribution is 2.14. The fraction of sp³-hybridized carbons (Fsp3) is 0.118. The van der Waals surface area contributed by atoms with E-state index in [9.17, 15) is 9.18 Å². The van der Waals surface area contributed by atoms with Gasteiger partial charge in [0.05, 0.1) is 7.11 Å². The van der Waals surface area contributed by atoms with Gasteiger partial charge in [0.15, 0.2) is 5.78 Å². The number of hydrogen-bond acceptors (Lipinski definition) is 3. The number of methoxy groups -OCH3 is 1. The number of rotatable bonds is 5. The van der Waals surface area contributed by atoms with Crippen LogP contribution >= 0.6 is 0 Å². The van der Waals surface area contributed by atoms with E-state index in [-0.39, 0.29) is 11.6 Å². The fourth-order valence-electron chi connectivity index (χ4n) is 1.80. The Labute approximate surface area is 123 Å². The second-order valence-electron chi connectivity index (χ2n) is 4.53. The van der Waals surface area contributed by atoms with Crippen LogP contribution < -0.4 is 10.1 Å². The molecule has 108 valence electrons. The second-order valence-corrected chi connectivity index (χ2v) is 4.53. The Balaban J connectivity index is 1.99. The van der Waals surface area contributed by atoms with E-state index in [0.29, 0.717) is 16.9 Å². The van der Waals surface area contributed by atoms with Crippen LogP contribution in [0.4, 0.5) is 10.1 Å². The molecule has 2 aromatic rings. The maximum absolute atomic E-state index is 13.1. The average Bonchev–Trinajstić information content (AvgIpc) is 2.51. The summed E-state index contributed by atoms with van der Waals surface area (Å²) in [5.74, 6) is 0.332. The van der Waals surface area contributed by atoms with Crippen molar-refractivity contribution in [2.24, 2.45) is 0 Å². The molecule has 3 nitrogen and oxygen atoms in total. The number of hydrogen-bond donors (Lipinski definition) is 1. The highest BCUT2D eigenvalue weighted by Gasteiger charge is 2.02. The second kappa shape index (κ2) is 6.70. The van der Waals surface area contributed by atoms with E-state index in [1.165, 1.54) is 12.1 Å². The van der Waals surface area contributed by atoms with Crippen LogP contribution in [0.15, 0.2) is 54.7 Å². The first-order valence-electron chi connectivity index (χ1n) is 6.48. The Kier molecular flexibility index (Phi) is 4.72. The van der Waals surface area contributed by atoms with Crippen molar-refractivity contribution < 1.29 is 13.9 Å². The van der Waals surface area contributed by atoms with Crippen molar-refractivity contribution in [3.63, 3.8) is 0 Å². The van der Waals surface area contributed by atoms with E-state index in [4.69, 9.17) is 4.74 Å². The summed E-state index contributed by atoms with van der Waals surface area (Å²) in [5.41, 5.74) is 1.85. The maximum Gasteiger partial charge on any atom is 0.187 e. The molecule has 0 aliphatic carbocycles. The van der Waals surface area contributed by atoms with Crippen LogP contribution in [0.5, 0.6) is 5.75 Å². The number of aryl methyl sites for hydroxylation is 1. The summed E-state index contributed by atoms with van der Waals surface area (Å²) in [5, 5.41) is 2.94. The largest absolute Gasteiger partial charge is 0.497 e. The van der Waals surface area contributed by atoms with E-state index in [1.54, 1.807) is 56.6 Å². The van der Waals surface area contributed by atoms with Crippen molar-refractivity contribution in [3.8, 4) is 5.75 Å². The third-order valence-electron chi connectivity index (χ3n) is 3.02. The zero-order chi connectivity index (χ0) is 15.2. The summed E-state index contributed by atoms with van der Waals surface area (Å²) in [6.45, 7) is 1.69. The summed E-state index contributed by atoms with van der Waals surface area (Å²) in [4.78, 5) is 11.9. The molecule has 2 rings (SSSR count). The van der Waals surface area contributed by atoms with Gasteiger partial charge < -0.3 is 10.1 Å². The lowest BCUT2D eigenvalue weighted by Crippen LogP contribution is -1.97. The van der Waals surface area contributed by atoms with Gasteiger partial charge in [-0.1, -0.05) is 0 Å². The van der Waals surface area contributed by atoms with Crippen molar-refractivity contribution in [2.45, 2.75) is 6.92 Å². The predicted molar refractivity (Wildman–Crippen MR) is 81.2 cm³/mol. The van der Waals surface area contributed by atoms with Gasteiger partial charge in [0.25, 0.3) is 0 Å². The molecule has 0 aliphatic rings. The zero-order valence-corrected chi connectivity index (χ0v) is 11.9. The van der Waals surface area contributed by atoms with Gasteiger partial charge in [0.1, 0.15) is 11.6 Å². The number of nitrogens with one attached hydrogen (secondary N) is 1. The molecule has 2 aromatic carbocycles. The highest BCUT2D eigenvalue weighted by molar-refractivity contribution is 6.04. The van der Waals surface area contributed by atoms with Gasteiger partial charge in [-0.25, -0.2) is 4.39 Å². The normalized spacial score (nSPS) is 10.6. The quantitative estimate of drug-likeness (QED) is 0.667. The first kappa shape index (κ1) is 14.8. The zero-order valence-electron chi connectivity index (χ0n) is 11.9. The molecule has 0 heterocycles. The van der Waals surface area contributed by atoms with Crippen LogP contribution in [-0.4, -0.2) is 12.9 Å². The van der Waals surface area contributed by atoms with Crippen LogP contribution in [0.2, 0.25) is 0 Å². The first-order valence-corrected chi connectivity index (χ1v) is 6.48. The fourth-order valence-corrected chi connectivity index (χ4v) is 1.80. The number of ketones is 1. The van der Waals surface area contributed by atoms with E-state index in [1.807, 2.05) is 0 Å². The minimum absolute atomic E-state index is 0.121. The lowest BCUT2D eigenvalue weighted by atomic mass is 10.1. The van der Waals surface area contributed by atoms with Crippen molar-refractivity contribution in [3.05, 3.63) is 71.7 Å². The van der Waals surface area contributed by atoms with Gasteiger partial charge in [0.2, 0.25) is 0 Å². The number of carbonyl (C=O) groups is 1. The molecule has 0 fully saturated rings. The third-order valence-corrected chi connectivity index (χ3v) is 3.02. The van der Waals surface area contributed by atoms with Crippen LogP contribution in [0, 0.1) is 12.7 Å². The van der Waals surface area contributed by atoms with Crippen molar-refractivity contribution in [2.75, 3.05) is 12.4 Å². The van der Waals surface area contributed by atoms with Crippen LogP contribution in [-0.2, 0) is 0 Å². The van der Waals surface area contributed by atoms with Gasteiger partial charge in [-0.2, -0.15) is 0 Å². The molecular formula is C17H16FNO2. The molecule has 0 unspecified atom stereocenters. The van der Waals surface area contributed by atoms with E-state index < -0.39 is 0 Å². The van der Waals surface area contributed by atoms with Crippen LogP contribution in [0.25, 0.3) is 0 Å². The Hall–Kier alpha value is -2.62. The molecule has 0 radical (unpaired) electrons. The maximum atomic E-state index is 13.1. The number of allylic oxidation sites excluding steroid dienone is 1. The molecule has 0 amide bonds. The number of halogens is 1. The molecule has 1 N–H and O–H groups in total. The number of anilines is 1. The first-order chi connectivity index (χ1) is 10.1. The molecule has 0 saturated heterocycles. The van der Waals surface area contributed by atoms with Gasteiger partial charge in [-0.15, -0.1) is 0 Å². The van der Waals surface area contributed by atoms with Crippen molar-refractivity contribution in [1.82, 2.24) is 0 Å². The number of carbonyl (C=O) groups excluding carboxylic acids is 1. The topological polar surface area (TPSA) is 38.3 Å². The van der Waals surface area contributed by atoms with Crippen molar-refractivity contribution in [1.29, 1.82) is 0 Å². The Morgan fingerprint density at radius 3 is 2.52 bits per heavy atom. The predicted octanol–water partition coefficient (Wildman–Crippen LogP) is 3.95. The summed E-state index contributed by atoms with van der Waals surface area (Å²) in [7, 11) is 1.57. The smallest absolute Gasteiger partial charge is 0.187 e. The standard InChI is InChI=1S/C17H16FNO2/c1-12-11-14(5-8-16(12)18)19-10-9-17(20)13-3-6-15(21-2)7-4-13/h3-11,19H,1-2H3/b10-9+. The van der Waals surface area contributed by atoms with Gasteiger partial charge in [0, 0.05) is 23.5 Å². The van der Waals surface area contributed by atoms with Crippen LogP contribution in [0.3, 0.4) is 0 Å². The Morgan fingerprint density at radius 2 is 1.90 bits per heavy atom. The minimum atomic E-state index is -0.251. The minimum Gasteiger partial charge on any atom is -0.497 e. The molecule has 0 aromatic heterocycles. The molecular weight excluding hydrogens is 269 g/mol. The highest BCUT2D eigenvalue weighted by atomic mass is 19.1. The monoisotopic (exact) mass is 285 g/mol. The Morgan fingerprint density at radius 1 is 1.19 bits per heavy atom. The Bertz CT molecular complexity index is 663. The van der Waals surface area contributed by atoms with Gasteiger partial charge >= 0.3 is 0 Å². The number of ether oxygens (including phenoxy) is 1.